The van der Waals surface area contributed by atoms with E-state index in [2.05, 4.69) is 4.98 Å². The van der Waals surface area contributed by atoms with Crippen molar-refractivity contribution in [3.8, 4) is 0 Å². The minimum Gasteiger partial charge on any atom is -0.388 e. The predicted molar refractivity (Wildman–Crippen MR) is 79.4 cm³/mol. The van der Waals surface area contributed by atoms with E-state index >= 15 is 0 Å². The van der Waals surface area contributed by atoms with E-state index in [1.807, 2.05) is 13.8 Å². The molecular formula is C12H19N3O2S2. The maximum atomic E-state index is 12.5. The molecule has 0 saturated heterocycles. The monoisotopic (exact) mass is 301 g/mol. The van der Waals surface area contributed by atoms with Gasteiger partial charge >= 0.3 is 0 Å². The fourth-order valence-corrected chi connectivity index (χ4v) is 3.29. The maximum Gasteiger partial charge on any atom is 0.245 e. The highest BCUT2D eigenvalue weighted by atomic mass is 32.2. The smallest absolute Gasteiger partial charge is 0.245 e. The van der Waals surface area contributed by atoms with E-state index in [9.17, 15) is 8.42 Å². The quantitative estimate of drug-likeness (QED) is 0.803. The van der Waals surface area contributed by atoms with E-state index in [1.54, 1.807) is 13.1 Å². The van der Waals surface area contributed by atoms with E-state index in [0.29, 0.717) is 6.54 Å². The maximum absolute atomic E-state index is 12.5. The Balaban J connectivity index is 3.17. The molecule has 5 nitrogen and oxygen atoms in total. The normalized spacial score (nSPS) is 13.5. The molecule has 0 amide bonds. The molecule has 0 aliphatic carbocycles. The van der Waals surface area contributed by atoms with Crippen LogP contribution in [0.5, 0.6) is 0 Å². The van der Waals surface area contributed by atoms with Gasteiger partial charge in [0.05, 0.1) is 0 Å². The van der Waals surface area contributed by atoms with Crippen molar-refractivity contribution in [3.05, 3.63) is 24.0 Å². The lowest BCUT2D eigenvalue weighted by Crippen LogP contribution is -2.32. The lowest BCUT2D eigenvalue weighted by atomic mass is 10.1. The third-order valence-corrected chi connectivity index (χ3v) is 5.01. The van der Waals surface area contributed by atoms with Crippen molar-refractivity contribution in [2.75, 3.05) is 13.6 Å². The number of aromatic nitrogens is 1. The zero-order valence-electron chi connectivity index (χ0n) is 11.3. The Bertz CT molecular complexity index is 558. The van der Waals surface area contributed by atoms with Crippen LogP contribution in [0, 0.1) is 5.92 Å². The summed E-state index contributed by atoms with van der Waals surface area (Å²) in [4.78, 5) is 4.00. The molecule has 106 valence electrons. The summed E-state index contributed by atoms with van der Waals surface area (Å²) in [6.45, 7) is 4.48. The van der Waals surface area contributed by atoms with Crippen molar-refractivity contribution < 1.29 is 8.42 Å². The number of nitrogens with two attached hydrogens (primary N) is 1. The Hall–Kier alpha value is -1.05. The minimum atomic E-state index is -3.62. The van der Waals surface area contributed by atoms with Crippen molar-refractivity contribution in [2.45, 2.75) is 25.2 Å². The average molecular weight is 301 g/mol. The summed E-state index contributed by atoms with van der Waals surface area (Å²) >= 11 is 4.85. The number of thiocarbonyl (C=S) groups is 1. The molecule has 1 unspecified atom stereocenters. The molecule has 19 heavy (non-hydrogen) atoms. The first-order valence-electron chi connectivity index (χ1n) is 6.01. The number of pyridine rings is 1. The Kier molecular flexibility index (Phi) is 5.39. The van der Waals surface area contributed by atoms with Gasteiger partial charge < -0.3 is 5.73 Å². The third-order valence-electron chi connectivity index (χ3n) is 2.96. The number of nitrogens with zero attached hydrogens (tertiary/aromatic N) is 2. The molecule has 0 fully saturated rings. The molecule has 0 aliphatic rings. The van der Waals surface area contributed by atoms with Crippen LogP contribution in [-0.2, 0) is 10.0 Å². The second kappa shape index (κ2) is 6.40. The van der Waals surface area contributed by atoms with Crippen LogP contribution >= 0.6 is 12.2 Å². The standard InChI is InChI=1S/C12H19N3O2S2/c1-4-9(2)8-15(3)19(16,17)10-6-5-7-14-11(10)12(13)18/h5-7,9H,4,8H2,1-3H3,(H2,13,18). The molecule has 0 saturated carbocycles. The molecule has 0 spiro atoms. The van der Waals surface area contributed by atoms with Gasteiger partial charge in [0.15, 0.2) is 0 Å². The first-order chi connectivity index (χ1) is 8.80. The Morgan fingerprint density at radius 3 is 2.74 bits per heavy atom. The first-order valence-corrected chi connectivity index (χ1v) is 7.86. The Labute approximate surface area is 119 Å². The third kappa shape index (κ3) is 3.71. The van der Waals surface area contributed by atoms with Crippen molar-refractivity contribution in [3.63, 3.8) is 0 Å². The van der Waals surface area contributed by atoms with E-state index in [4.69, 9.17) is 18.0 Å². The van der Waals surface area contributed by atoms with Gasteiger partial charge in [0.2, 0.25) is 10.0 Å². The van der Waals surface area contributed by atoms with E-state index in [0.717, 1.165) is 6.42 Å². The fraction of sp³-hybridized carbons (Fsp3) is 0.500. The SMILES string of the molecule is CCC(C)CN(C)S(=O)(=O)c1cccnc1C(N)=S. The van der Waals surface area contributed by atoms with Gasteiger partial charge in [0.25, 0.3) is 0 Å². The van der Waals surface area contributed by atoms with Crippen LogP contribution in [-0.4, -0.2) is 36.3 Å². The number of hydrogen-bond donors (Lipinski definition) is 1. The summed E-state index contributed by atoms with van der Waals surface area (Å²) in [5, 5.41) is 0. The van der Waals surface area contributed by atoms with E-state index in [1.165, 1.54) is 16.6 Å². The van der Waals surface area contributed by atoms with Crippen molar-refractivity contribution in [1.82, 2.24) is 9.29 Å². The largest absolute Gasteiger partial charge is 0.388 e. The molecule has 1 heterocycles. The number of hydrogen-bond acceptors (Lipinski definition) is 4. The van der Waals surface area contributed by atoms with Gasteiger partial charge in [-0.1, -0.05) is 32.5 Å². The summed E-state index contributed by atoms with van der Waals surface area (Å²) in [7, 11) is -2.06. The first kappa shape index (κ1) is 16.0. The number of sulfonamides is 1. The molecule has 1 rings (SSSR count). The molecule has 2 N–H and O–H groups in total. The van der Waals surface area contributed by atoms with Gasteiger partial charge in [0, 0.05) is 19.8 Å². The Morgan fingerprint density at radius 2 is 2.21 bits per heavy atom. The molecule has 0 aromatic carbocycles. The van der Waals surface area contributed by atoms with Crippen LogP contribution in [0.3, 0.4) is 0 Å². The molecule has 1 aromatic heterocycles. The van der Waals surface area contributed by atoms with Crippen LogP contribution in [0.4, 0.5) is 0 Å². The van der Waals surface area contributed by atoms with Gasteiger partial charge in [0.1, 0.15) is 15.6 Å². The van der Waals surface area contributed by atoms with Gasteiger partial charge in [-0.05, 0) is 18.1 Å². The average Bonchev–Trinajstić information content (AvgIpc) is 2.38. The molecule has 0 radical (unpaired) electrons. The van der Waals surface area contributed by atoms with Crippen LogP contribution in [0.25, 0.3) is 0 Å². The Morgan fingerprint density at radius 1 is 1.58 bits per heavy atom. The van der Waals surface area contributed by atoms with E-state index in [-0.39, 0.29) is 21.5 Å². The molecule has 1 aromatic rings. The lowest BCUT2D eigenvalue weighted by molar-refractivity contribution is 0.393. The summed E-state index contributed by atoms with van der Waals surface area (Å²) in [6.07, 6.45) is 2.39. The number of rotatable bonds is 6. The molecule has 7 heteroatoms. The van der Waals surface area contributed by atoms with E-state index < -0.39 is 10.0 Å². The highest BCUT2D eigenvalue weighted by Gasteiger charge is 2.26. The highest BCUT2D eigenvalue weighted by Crippen LogP contribution is 2.19. The zero-order chi connectivity index (χ0) is 14.6. The molecule has 1 atom stereocenters. The van der Waals surface area contributed by atoms with Crippen LogP contribution in [0.1, 0.15) is 26.0 Å². The summed E-state index contributed by atoms with van der Waals surface area (Å²) in [6, 6.07) is 3.04. The van der Waals surface area contributed by atoms with Crippen molar-refractivity contribution >= 4 is 27.2 Å². The van der Waals surface area contributed by atoms with Crippen LogP contribution in [0.2, 0.25) is 0 Å². The van der Waals surface area contributed by atoms with Crippen molar-refractivity contribution in [2.24, 2.45) is 11.7 Å². The van der Waals surface area contributed by atoms with Gasteiger partial charge in [-0.25, -0.2) is 12.7 Å². The topological polar surface area (TPSA) is 76.3 Å². The summed E-state index contributed by atoms with van der Waals surface area (Å²) < 4.78 is 26.3. The van der Waals surface area contributed by atoms with Crippen molar-refractivity contribution in [1.29, 1.82) is 0 Å². The van der Waals surface area contributed by atoms with Crippen LogP contribution < -0.4 is 5.73 Å². The highest BCUT2D eigenvalue weighted by molar-refractivity contribution is 7.89. The minimum absolute atomic E-state index is 0.0175. The molecule has 0 bridgehead atoms. The fourth-order valence-electron chi connectivity index (χ4n) is 1.62. The van der Waals surface area contributed by atoms with Crippen LogP contribution in [0.15, 0.2) is 23.2 Å². The van der Waals surface area contributed by atoms with Gasteiger partial charge in [-0.3, -0.25) is 4.98 Å². The van der Waals surface area contributed by atoms with Gasteiger partial charge in [-0.2, -0.15) is 0 Å². The second-order valence-corrected chi connectivity index (χ2v) is 6.97. The predicted octanol–water partition coefficient (Wildman–Crippen LogP) is 1.38. The molecule has 0 aliphatic heterocycles. The zero-order valence-corrected chi connectivity index (χ0v) is 13.0. The lowest BCUT2D eigenvalue weighted by Gasteiger charge is -2.21. The molecular weight excluding hydrogens is 282 g/mol. The second-order valence-electron chi connectivity index (χ2n) is 4.51. The summed E-state index contributed by atoms with van der Waals surface area (Å²) in [5.41, 5.74) is 5.67. The summed E-state index contributed by atoms with van der Waals surface area (Å²) in [5.74, 6) is 0.282. The van der Waals surface area contributed by atoms with Gasteiger partial charge in [-0.15, -0.1) is 0 Å².